The van der Waals surface area contributed by atoms with Gasteiger partial charge in [0.2, 0.25) is 0 Å². The maximum Gasteiger partial charge on any atom is 0.268 e. The van der Waals surface area contributed by atoms with Gasteiger partial charge in [0, 0.05) is 44.6 Å². The largest absolute Gasteiger partial charge is 0.475 e. The first-order valence-corrected chi connectivity index (χ1v) is 12.4. The summed E-state index contributed by atoms with van der Waals surface area (Å²) in [6.45, 7) is 6.28. The molecule has 8 heteroatoms. The van der Waals surface area contributed by atoms with Crippen LogP contribution in [0.4, 0.5) is 5.69 Å². The lowest BCUT2D eigenvalue weighted by Crippen LogP contribution is -2.62. The summed E-state index contributed by atoms with van der Waals surface area (Å²) in [6.07, 6.45) is 1.43. The summed E-state index contributed by atoms with van der Waals surface area (Å²) in [7, 11) is 0. The van der Waals surface area contributed by atoms with Gasteiger partial charge in [0.05, 0.1) is 24.0 Å². The fraction of sp³-hybridized carbons (Fsp3) is 0.481. The lowest BCUT2D eigenvalue weighted by molar-refractivity contribution is -0.165. The number of rotatable bonds is 7. The first-order valence-electron chi connectivity index (χ1n) is 12.4. The van der Waals surface area contributed by atoms with E-state index in [4.69, 9.17) is 9.47 Å². The van der Waals surface area contributed by atoms with Crippen LogP contribution in [-0.2, 0) is 22.5 Å². The Kier molecular flexibility index (Phi) is 6.53. The minimum absolute atomic E-state index is 0.0125. The van der Waals surface area contributed by atoms with E-state index in [0.717, 1.165) is 19.5 Å². The zero-order chi connectivity index (χ0) is 24.6. The van der Waals surface area contributed by atoms with Crippen molar-refractivity contribution in [3.05, 3.63) is 59.2 Å². The lowest BCUT2D eigenvalue weighted by atomic mass is 9.75. The van der Waals surface area contributed by atoms with Crippen LogP contribution in [0, 0.1) is 0 Å². The number of β-amino-alcohol motifs (C(OH)–C–C–N with tert-alkyl or cyclic N) is 1. The van der Waals surface area contributed by atoms with Gasteiger partial charge in [-0.3, -0.25) is 14.5 Å². The number of amides is 2. The SMILES string of the molecule is CC(C)OC1CC2(C1)Oc1ccc(C(=O)NC[C@H](O)CN3CCc4ccccc4C3)cc1NC2=O. The van der Waals surface area contributed by atoms with Gasteiger partial charge in [-0.1, -0.05) is 24.3 Å². The van der Waals surface area contributed by atoms with Crippen LogP contribution in [0.25, 0.3) is 0 Å². The molecule has 2 aromatic carbocycles. The van der Waals surface area contributed by atoms with Gasteiger partial charge < -0.3 is 25.2 Å². The molecule has 0 radical (unpaired) electrons. The second kappa shape index (κ2) is 9.60. The summed E-state index contributed by atoms with van der Waals surface area (Å²) < 4.78 is 11.8. The molecule has 0 bridgehead atoms. The highest BCUT2D eigenvalue weighted by atomic mass is 16.5. The van der Waals surface area contributed by atoms with Crippen LogP contribution in [-0.4, -0.2) is 65.4 Å². The monoisotopic (exact) mass is 479 g/mol. The Morgan fingerprint density at radius 2 is 2.03 bits per heavy atom. The molecule has 0 unspecified atom stereocenters. The number of ether oxygens (including phenoxy) is 2. The van der Waals surface area contributed by atoms with Crippen molar-refractivity contribution in [1.29, 1.82) is 0 Å². The number of fused-ring (bicyclic) bond motifs is 2. The zero-order valence-corrected chi connectivity index (χ0v) is 20.3. The molecule has 2 aliphatic heterocycles. The first-order chi connectivity index (χ1) is 16.8. The van der Waals surface area contributed by atoms with E-state index in [0.29, 0.717) is 36.4 Å². The third kappa shape index (κ3) is 5.05. The number of anilines is 1. The highest BCUT2D eigenvalue weighted by molar-refractivity contribution is 6.03. The lowest BCUT2D eigenvalue weighted by Gasteiger charge is -2.48. The first kappa shape index (κ1) is 23.8. The minimum Gasteiger partial charge on any atom is -0.475 e. The molecular formula is C27H33N3O5. The van der Waals surface area contributed by atoms with E-state index in [1.54, 1.807) is 18.2 Å². The third-order valence-electron chi connectivity index (χ3n) is 6.97. The average molecular weight is 480 g/mol. The Hall–Kier alpha value is -2.94. The quantitative estimate of drug-likeness (QED) is 0.564. The van der Waals surface area contributed by atoms with Crippen LogP contribution in [0.2, 0.25) is 0 Å². The van der Waals surface area contributed by atoms with E-state index in [2.05, 4.69) is 33.7 Å². The highest BCUT2D eigenvalue weighted by Crippen LogP contribution is 2.45. The molecule has 2 aromatic rings. The number of benzene rings is 2. The average Bonchev–Trinajstić information content (AvgIpc) is 2.81. The van der Waals surface area contributed by atoms with E-state index in [1.807, 2.05) is 19.9 Å². The van der Waals surface area contributed by atoms with Gasteiger partial charge in [0.15, 0.2) is 5.60 Å². The van der Waals surface area contributed by atoms with Crippen LogP contribution in [0.1, 0.15) is 48.2 Å². The second-order valence-corrected chi connectivity index (χ2v) is 10.1. The molecule has 35 heavy (non-hydrogen) atoms. The van der Waals surface area contributed by atoms with Gasteiger partial charge in [-0.15, -0.1) is 0 Å². The van der Waals surface area contributed by atoms with Crippen molar-refractivity contribution in [3.63, 3.8) is 0 Å². The minimum atomic E-state index is -0.893. The van der Waals surface area contributed by atoms with E-state index in [-0.39, 0.29) is 30.6 Å². The Morgan fingerprint density at radius 3 is 2.80 bits per heavy atom. The standard InChI is InChI=1S/C27H33N3O5/c1-17(2)34-22-12-27(13-22)26(33)29-23-11-19(7-8-24(23)35-27)25(32)28-14-21(31)16-30-10-9-18-5-3-4-6-20(18)15-30/h3-8,11,17,21-22,31H,9-10,12-16H2,1-2H3,(H,28,32)(H,29,33)/t21-,22?,27?/m0/s1. The van der Waals surface area contributed by atoms with E-state index in [9.17, 15) is 14.7 Å². The molecule has 5 rings (SSSR count). The zero-order valence-electron chi connectivity index (χ0n) is 20.3. The summed E-state index contributed by atoms with van der Waals surface area (Å²) >= 11 is 0. The number of hydrogen-bond acceptors (Lipinski definition) is 6. The smallest absolute Gasteiger partial charge is 0.268 e. The molecular weight excluding hydrogens is 446 g/mol. The molecule has 0 aromatic heterocycles. The van der Waals surface area contributed by atoms with Crippen LogP contribution in [0.3, 0.4) is 0 Å². The van der Waals surface area contributed by atoms with Gasteiger partial charge in [-0.05, 0) is 49.6 Å². The molecule has 8 nitrogen and oxygen atoms in total. The summed E-state index contributed by atoms with van der Waals surface area (Å²) in [4.78, 5) is 27.6. The van der Waals surface area contributed by atoms with Crippen molar-refractivity contribution >= 4 is 17.5 Å². The van der Waals surface area contributed by atoms with Gasteiger partial charge in [0.1, 0.15) is 5.75 Å². The number of nitrogens with zero attached hydrogens (tertiary/aromatic N) is 1. The van der Waals surface area contributed by atoms with Gasteiger partial charge in [-0.25, -0.2) is 0 Å². The summed E-state index contributed by atoms with van der Waals surface area (Å²) in [5.41, 5.74) is 2.64. The predicted molar refractivity (Wildman–Crippen MR) is 131 cm³/mol. The summed E-state index contributed by atoms with van der Waals surface area (Å²) in [5, 5.41) is 16.2. The van der Waals surface area contributed by atoms with Crippen LogP contribution < -0.4 is 15.4 Å². The molecule has 2 amide bonds. The third-order valence-corrected chi connectivity index (χ3v) is 6.97. The summed E-state index contributed by atoms with van der Waals surface area (Å²) in [6, 6.07) is 13.4. The van der Waals surface area contributed by atoms with Crippen LogP contribution in [0.5, 0.6) is 5.75 Å². The molecule has 1 fully saturated rings. The van der Waals surface area contributed by atoms with E-state index in [1.165, 1.54) is 11.1 Å². The molecule has 2 heterocycles. The molecule has 186 valence electrons. The molecule has 1 atom stereocenters. The second-order valence-electron chi connectivity index (χ2n) is 10.1. The van der Waals surface area contributed by atoms with Gasteiger partial charge in [-0.2, -0.15) is 0 Å². The van der Waals surface area contributed by atoms with E-state index < -0.39 is 11.7 Å². The van der Waals surface area contributed by atoms with Gasteiger partial charge in [0.25, 0.3) is 11.8 Å². The normalized spacial score (nSPS) is 24.1. The van der Waals surface area contributed by atoms with Crippen molar-refractivity contribution in [2.75, 3.05) is 25.0 Å². The number of aliphatic hydroxyl groups excluding tert-OH is 1. The van der Waals surface area contributed by atoms with Crippen molar-refractivity contribution < 1.29 is 24.2 Å². The Balaban J connectivity index is 1.13. The van der Waals surface area contributed by atoms with Gasteiger partial charge >= 0.3 is 0 Å². The fourth-order valence-corrected chi connectivity index (χ4v) is 5.16. The Labute approximate surface area is 205 Å². The van der Waals surface area contributed by atoms with Crippen molar-refractivity contribution in [1.82, 2.24) is 10.2 Å². The molecule has 0 saturated heterocycles. The number of aliphatic hydroxyl groups is 1. The van der Waals surface area contributed by atoms with Crippen LogP contribution in [0.15, 0.2) is 42.5 Å². The molecule has 1 spiro atoms. The maximum absolute atomic E-state index is 12.7. The van der Waals surface area contributed by atoms with Crippen LogP contribution >= 0.6 is 0 Å². The highest BCUT2D eigenvalue weighted by Gasteiger charge is 2.55. The number of nitrogens with one attached hydrogen (secondary N) is 2. The van der Waals surface area contributed by atoms with E-state index >= 15 is 0 Å². The molecule has 1 aliphatic carbocycles. The molecule has 3 aliphatic rings. The molecule has 1 saturated carbocycles. The summed E-state index contributed by atoms with van der Waals surface area (Å²) in [5.74, 6) is 0.0404. The predicted octanol–water partition coefficient (Wildman–Crippen LogP) is 2.49. The Bertz CT molecular complexity index is 1110. The number of carbonyl (C=O) groups excluding carboxylic acids is 2. The Morgan fingerprint density at radius 1 is 1.26 bits per heavy atom. The van der Waals surface area contributed by atoms with Crippen molar-refractivity contribution in [2.45, 2.75) is 63.6 Å². The fourth-order valence-electron chi connectivity index (χ4n) is 5.16. The van der Waals surface area contributed by atoms with Crippen molar-refractivity contribution in [3.8, 4) is 5.75 Å². The number of carbonyl (C=O) groups is 2. The molecule has 3 N–H and O–H groups in total. The van der Waals surface area contributed by atoms with Crippen molar-refractivity contribution in [2.24, 2.45) is 0 Å². The topological polar surface area (TPSA) is 100 Å². The maximum atomic E-state index is 12.7. The number of hydrogen-bond donors (Lipinski definition) is 3.